The van der Waals surface area contributed by atoms with E-state index < -0.39 is 0 Å². The maximum Gasteiger partial charge on any atom is 0.251 e. The predicted molar refractivity (Wildman–Crippen MR) is 87.9 cm³/mol. The number of likely N-dealkylation sites (N-methyl/N-ethyl adjacent to an activating group) is 1. The lowest BCUT2D eigenvalue weighted by atomic mass is 9.94. The van der Waals surface area contributed by atoms with E-state index in [4.69, 9.17) is 0 Å². The molecule has 4 nitrogen and oxygen atoms in total. The maximum atomic E-state index is 12.2. The number of rotatable bonds is 4. The van der Waals surface area contributed by atoms with Crippen LogP contribution in [0.2, 0.25) is 0 Å². The molecule has 0 spiro atoms. The van der Waals surface area contributed by atoms with Crippen LogP contribution in [0, 0.1) is 13.8 Å². The minimum absolute atomic E-state index is 0.0101. The Morgan fingerprint density at radius 3 is 2.45 bits per heavy atom. The molecule has 0 heterocycles. The Bertz CT molecular complexity index is 548. The number of benzene rings is 1. The van der Waals surface area contributed by atoms with Crippen molar-refractivity contribution in [1.82, 2.24) is 10.2 Å². The topological polar surface area (TPSA) is 49.4 Å². The average molecular weight is 302 g/mol. The van der Waals surface area contributed by atoms with Gasteiger partial charge in [0.25, 0.3) is 5.91 Å². The highest BCUT2D eigenvalue weighted by molar-refractivity contribution is 5.96. The van der Waals surface area contributed by atoms with E-state index in [-0.39, 0.29) is 18.4 Å². The second kappa shape index (κ2) is 7.43. The van der Waals surface area contributed by atoms with Crippen LogP contribution in [-0.2, 0) is 4.79 Å². The molecule has 4 heteroatoms. The van der Waals surface area contributed by atoms with Gasteiger partial charge >= 0.3 is 0 Å². The molecule has 22 heavy (non-hydrogen) atoms. The van der Waals surface area contributed by atoms with Crippen LogP contribution >= 0.6 is 0 Å². The summed E-state index contributed by atoms with van der Waals surface area (Å²) in [6, 6.07) is 5.92. The Morgan fingerprint density at radius 1 is 1.14 bits per heavy atom. The van der Waals surface area contributed by atoms with Gasteiger partial charge < -0.3 is 10.2 Å². The third-order valence-electron chi connectivity index (χ3n) is 4.69. The summed E-state index contributed by atoms with van der Waals surface area (Å²) in [5.41, 5.74) is 2.85. The molecule has 1 fully saturated rings. The molecule has 0 saturated heterocycles. The van der Waals surface area contributed by atoms with Crippen molar-refractivity contribution in [1.29, 1.82) is 0 Å². The third-order valence-corrected chi connectivity index (χ3v) is 4.69. The first-order valence-electron chi connectivity index (χ1n) is 8.10. The van der Waals surface area contributed by atoms with Crippen molar-refractivity contribution in [2.75, 3.05) is 13.6 Å². The van der Waals surface area contributed by atoms with Gasteiger partial charge in [-0.3, -0.25) is 9.59 Å². The lowest BCUT2D eigenvalue weighted by molar-refractivity contribution is -0.131. The summed E-state index contributed by atoms with van der Waals surface area (Å²) in [5.74, 6) is -0.197. The van der Waals surface area contributed by atoms with E-state index in [0.29, 0.717) is 11.6 Å². The van der Waals surface area contributed by atoms with Gasteiger partial charge in [-0.25, -0.2) is 0 Å². The van der Waals surface area contributed by atoms with Crippen LogP contribution in [0.25, 0.3) is 0 Å². The molecule has 0 radical (unpaired) electrons. The zero-order chi connectivity index (χ0) is 16.1. The molecule has 1 N–H and O–H groups in total. The van der Waals surface area contributed by atoms with E-state index in [0.717, 1.165) is 24.0 Å². The van der Waals surface area contributed by atoms with Gasteiger partial charge in [0, 0.05) is 18.7 Å². The first-order chi connectivity index (χ1) is 10.5. The van der Waals surface area contributed by atoms with Crippen molar-refractivity contribution >= 4 is 11.8 Å². The van der Waals surface area contributed by atoms with E-state index >= 15 is 0 Å². The van der Waals surface area contributed by atoms with E-state index in [9.17, 15) is 9.59 Å². The summed E-state index contributed by atoms with van der Waals surface area (Å²) in [4.78, 5) is 26.1. The Balaban J connectivity index is 1.87. The van der Waals surface area contributed by atoms with Crippen LogP contribution in [0.3, 0.4) is 0 Å². The molecule has 2 rings (SSSR count). The largest absolute Gasteiger partial charge is 0.343 e. The molecule has 1 aliphatic rings. The highest BCUT2D eigenvalue weighted by Crippen LogP contribution is 2.21. The van der Waals surface area contributed by atoms with Gasteiger partial charge in [0.15, 0.2) is 0 Å². The Labute approximate surface area is 132 Å². The zero-order valence-corrected chi connectivity index (χ0v) is 13.8. The van der Waals surface area contributed by atoms with Gasteiger partial charge in [-0.15, -0.1) is 0 Å². The monoisotopic (exact) mass is 302 g/mol. The first-order valence-corrected chi connectivity index (χ1v) is 8.10. The number of aryl methyl sites for hydroxylation is 2. The lowest BCUT2D eigenvalue weighted by Gasteiger charge is -2.31. The molecule has 0 aliphatic heterocycles. The second-order valence-electron chi connectivity index (χ2n) is 6.28. The predicted octanol–water partition coefficient (Wildman–Crippen LogP) is 2.82. The Morgan fingerprint density at radius 2 is 1.82 bits per heavy atom. The second-order valence-corrected chi connectivity index (χ2v) is 6.28. The van der Waals surface area contributed by atoms with E-state index in [1.54, 1.807) is 11.0 Å². The molecule has 0 atom stereocenters. The van der Waals surface area contributed by atoms with Crippen molar-refractivity contribution in [2.45, 2.75) is 52.0 Å². The molecule has 1 saturated carbocycles. The summed E-state index contributed by atoms with van der Waals surface area (Å²) in [7, 11) is 1.85. The van der Waals surface area contributed by atoms with E-state index in [1.807, 2.05) is 33.0 Å². The number of hydrogen-bond donors (Lipinski definition) is 1. The van der Waals surface area contributed by atoms with Crippen LogP contribution in [0.15, 0.2) is 18.2 Å². The molecule has 1 aromatic rings. The third kappa shape index (κ3) is 4.09. The fraction of sp³-hybridized carbons (Fsp3) is 0.556. The molecular weight excluding hydrogens is 276 g/mol. The summed E-state index contributed by atoms with van der Waals surface area (Å²) < 4.78 is 0. The van der Waals surface area contributed by atoms with Gasteiger partial charge in [0.1, 0.15) is 0 Å². The van der Waals surface area contributed by atoms with Crippen molar-refractivity contribution in [2.24, 2.45) is 0 Å². The number of nitrogens with one attached hydrogen (secondary N) is 1. The van der Waals surface area contributed by atoms with Crippen molar-refractivity contribution < 1.29 is 9.59 Å². The minimum Gasteiger partial charge on any atom is -0.343 e. The smallest absolute Gasteiger partial charge is 0.251 e. The van der Waals surface area contributed by atoms with Crippen LogP contribution in [0.5, 0.6) is 0 Å². The number of hydrogen-bond acceptors (Lipinski definition) is 2. The Hall–Kier alpha value is -1.84. The fourth-order valence-corrected chi connectivity index (χ4v) is 2.94. The fourth-order valence-electron chi connectivity index (χ4n) is 2.94. The van der Waals surface area contributed by atoms with Crippen LogP contribution in [0.1, 0.15) is 53.6 Å². The van der Waals surface area contributed by atoms with Crippen molar-refractivity contribution in [3.05, 3.63) is 34.9 Å². The van der Waals surface area contributed by atoms with Gasteiger partial charge in [-0.2, -0.15) is 0 Å². The average Bonchev–Trinajstić information content (AvgIpc) is 2.54. The molecule has 0 aromatic heterocycles. The molecular formula is C18H26N2O2. The van der Waals surface area contributed by atoms with Gasteiger partial charge in [-0.1, -0.05) is 25.3 Å². The molecule has 0 bridgehead atoms. The standard InChI is InChI=1S/C18H26N2O2/c1-13-9-10-15(11-14(13)2)18(22)19-12-17(21)20(3)16-7-5-4-6-8-16/h9-11,16H,4-8,12H2,1-3H3,(H,19,22). The summed E-state index contributed by atoms with van der Waals surface area (Å²) >= 11 is 0. The quantitative estimate of drug-likeness (QED) is 0.930. The molecule has 1 aromatic carbocycles. The number of carbonyl (C=O) groups is 2. The van der Waals surface area contributed by atoms with Crippen molar-refractivity contribution in [3.8, 4) is 0 Å². The summed E-state index contributed by atoms with van der Waals surface area (Å²) in [5, 5.41) is 2.74. The summed E-state index contributed by atoms with van der Waals surface area (Å²) in [6.45, 7) is 4.06. The highest BCUT2D eigenvalue weighted by atomic mass is 16.2. The SMILES string of the molecule is Cc1ccc(C(=O)NCC(=O)N(C)C2CCCCC2)cc1C. The van der Waals surface area contributed by atoms with Crippen LogP contribution in [0.4, 0.5) is 0 Å². The van der Waals surface area contributed by atoms with Gasteiger partial charge in [-0.05, 0) is 49.9 Å². The molecule has 0 unspecified atom stereocenters. The van der Waals surface area contributed by atoms with Crippen molar-refractivity contribution in [3.63, 3.8) is 0 Å². The molecule has 1 aliphatic carbocycles. The van der Waals surface area contributed by atoms with Gasteiger partial charge in [0.05, 0.1) is 6.54 Å². The minimum atomic E-state index is -0.187. The number of amides is 2. The zero-order valence-electron chi connectivity index (χ0n) is 13.8. The maximum absolute atomic E-state index is 12.2. The highest BCUT2D eigenvalue weighted by Gasteiger charge is 2.22. The number of carbonyl (C=O) groups excluding carboxylic acids is 2. The number of nitrogens with zero attached hydrogens (tertiary/aromatic N) is 1. The summed E-state index contributed by atoms with van der Waals surface area (Å²) in [6.07, 6.45) is 5.80. The molecule has 120 valence electrons. The lowest BCUT2D eigenvalue weighted by Crippen LogP contribution is -2.44. The van der Waals surface area contributed by atoms with E-state index in [1.165, 1.54) is 19.3 Å². The Kier molecular flexibility index (Phi) is 5.58. The van der Waals surface area contributed by atoms with E-state index in [2.05, 4.69) is 5.32 Å². The van der Waals surface area contributed by atoms with Crippen LogP contribution in [-0.4, -0.2) is 36.3 Å². The normalized spacial score (nSPS) is 15.4. The van der Waals surface area contributed by atoms with Crippen LogP contribution < -0.4 is 5.32 Å². The molecule has 2 amide bonds. The van der Waals surface area contributed by atoms with Gasteiger partial charge in [0.2, 0.25) is 5.91 Å². The first kappa shape index (κ1) is 16.5.